The Hall–Kier alpha value is -2.21. The standard InChI is InChI=1S/C14H18N4O2/c1-14(2,5-8-19)17-13(20)11-3-4-12(16-9-11)18-7-6-15-10-18/h3-4,6-7,9-10,19H,5,8H2,1-2H3,(H,17,20). The number of nitrogens with zero attached hydrogens (tertiary/aromatic N) is 3. The fourth-order valence-electron chi connectivity index (χ4n) is 1.79. The molecule has 0 radical (unpaired) electrons. The third-order valence-electron chi connectivity index (χ3n) is 2.97. The minimum atomic E-state index is -0.450. The van der Waals surface area contributed by atoms with E-state index in [9.17, 15) is 4.79 Å². The lowest BCUT2D eigenvalue weighted by molar-refractivity contribution is 0.0899. The molecule has 0 fully saturated rings. The highest BCUT2D eigenvalue weighted by molar-refractivity contribution is 5.94. The van der Waals surface area contributed by atoms with Crippen molar-refractivity contribution in [1.82, 2.24) is 19.9 Å². The quantitative estimate of drug-likeness (QED) is 0.857. The molecule has 0 aliphatic carbocycles. The van der Waals surface area contributed by atoms with Gasteiger partial charge >= 0.3 is 0 Å². The monoisotopic (exact) mass is 274 g/mol. The predicted octanol–water partition coefficient (Wildman–Crippen LogP) is 1.16. The number of amides is 1. The van der Waals surface area contributed by atoms with Gasteiger partial charge in [0.25, 0.3) is 5.91 Å². The molecule has 0 spiro atoms. The molecular weight excluding hydrogens is 256 g/mol. The van der Waals surface area contributed by atoms with Crippen molar-refractivity contribution in [3.05, 3.63) is 42.6 Å². The highest BCUT2D eigenvalue weighted by Crippen LogP contribution is 2.10. The molecule has 0 aromatic carbocycles. The van der Waals surface area contributed by atoms with Gasteiger partial charge < -0.3 is 10.4 Å². The first-order valence-electron chi connectivity index (χ1n) is 6.39. The molecule has 6 nitrogen and oxygen atoms in total. The van der Waals surface area contributed by atoms with Crippen LogP contribution >= 0.6 is 0 Å². The molecular formula is C14H18N4O2. The number of hydrogen-bond acceptors (Lipinski definition) is 4. The third kappa shape index (κ3) is 3.42. The Morgan fingerprint density at radius 2 is 2.25 bits per heavy atom. The van der Waals surface area contributed by atoms with Gasteiger partial charge in [-0.3, -0.25) is 9.36 Å². The van der Waals surface area contributed by atoms with Gasteiger partial charge in [-0.25, -0.2) is 9.97 Å². The summed E-state index contributed by atoms with van der Waals surface area (Å²) in [5.41, 5.74) is 0.0364. The van der Waals surface area contributed by atoms with E-state index in [2.05, 4.69) is 15.3 Å². The minimum absolute atomic E-state index is 0.0328. The summed E-state index contributed by atoms with van der Waals surface area (Å²) < 4.78 is 1.76. The SMILES string of the molecule is CC(C)(CCO)NC(=O)c1ccc(-n2ccnc2)nc1. The molecule has 0 saturated heterocycles. The highest BCUT2D eigenvalue weighted by Gasteiger charge is 2.20. The Balaban J connectivity index is 2.08. The van der Waals surface area contributed by atoms with E-state index in [4.69, 9.17) is 5.11 Å². The number of aromatic nitrogens is 3. The Morgan fingerprint density at radius 3 is 2.80 bits per heavy atom. The number of nitrogens with one attached hydrogen (secondary N) is 1. The molecule has 106 valence electrons. The summed E-state index contributed by atoms with van der Waals surface area (Å²) >= 11 is 0. The molecule has 0 saturated carbocycles. The van der Waals surface area contributed by atoms with Gasteiger partial charge in [0, 0.05) is 30.7 Å². The van der Waals surface area contributed by atoms with Crippen LogP contribution in [0.4, 0.5) is 0 Å². The Morgan fingerprint density at radius 1 is 1.45 bits per heavy atom. The Bertz CT molecular complexity index is 561. The van der Waals surface area contributed by atoms with Crippen molar-refractivity contribution in [2.75, 3.05) is 6.61 Å². The second kappa shape index (κ2) is 5.83. The van der Waals surface area contributed by atoms with E-state index in [1.54, 1.807) is 35.4 Å². The third-order valence-corrected chi connectivity index (χ3v) is 2.97. The molecule has 1 amide bonds. The van der Waals surface area contributed by atoms with Gasteiger partial charge in [-0.05, 0) is 32.4 Å². The molecule has 20 heavy (non-hydrogen) atoms. The lowest BCUT2D eigenvalue weighted by Gasteiger charge is -2.25. The average Bonchev–Trinajstić information content (AvgIpc) is 2.92. The van der Waals surface area contributed by atoms with Crippen LogP contribution in [0.3, 0.4) is 0 Å². The number of hydrogen-bond donors (Lipinski definition) is 2. The molecule has 2 heterocycles. The van der Waals surface area contributed by atoms with Gasteiger partial charge in [-0.2, -0.15) is 0 Å². The topological polar surface area (TPSA) is 80.0 Å². The zero-order valence-electron chi connectivity index (χ0n) is 11.6. The molecule has 2 rings (SSSR count). The van der Waals surface area contributed by atoms with E-state index >= 15 is 0 Å². The van der Waals surface area contributed by atoms with Crippen molar-refractivity contribution < 1.29 is 9.90 Å². The highest BCUT2D eigenvalue weighted by atomic mass is 16.3. The minimum Gasteiger partial charge on any atom is -0.396 e. The number of carbonyl (C=O) groups excluding carboxylic acids is 1. The predicted molar refractivity (Wildman–Crippen MR) is 74.6 cm³/mol. The number of aliphatic hydroxyl groups excluding tert-OH is 1. The summed E-state index contributed by atoms with van der Waals surface area (Å²) in [4.78, 5) is 20.3. The first-order valence-corrected chi connectivity index (χ1v) is 6.39. The van der Waals surface area contributed by atoms with Crippen LogP contribution in [0.15, 0.2) is 37.1 Å². The van der Waals surface area contributed by atoms with Crippen molar-refractivity contribution in [3.8, 4) is 5.82 Å². The normalized spacial score (nSPS) is 11.3. The van der Waals surface area contributed by atoms with Crippen LogP contribution in [0.1, 0.15) is 30.6 Å². The smallest absolute Gasteiger partial charge is 0.253 e. The van der Waals surface area contributed by atoms with Gasteiger partial charge in [0.15, 0.2) is 0 Å². The summed E-state index contributed by atoms with van der Waals surface area (Å²) in [6.45, 7) is 3.77. The van der Waals surface area contributed by atoms with E-state index in [-0.39, 0.29) is 12.5 Å². The van der Waals surface area contributed by atoms with Crippen molar-refractivity contribution in [1.29, 1.82) is 0 Å². The summed E-state index contributed by atoms with van der Waals surface area (Å²) in [5.74, 6) is 0.502. The van der Waals surface area contributed by atoms with E-state index in [1.807, 2.05) is 13.8 Å². The number of pyridine rings is 1. The van der Waals surface area contributed by atoms with Crippen LogP contribution in [0.25, 0.3) is 5.82 Å². The first kappa shape index (κ1) is 14.2. The zero-order chi connectivity index (χ0) is 14.6. The van der Waals surface area contributed by atoms with E-state index < -0.39 is 5.54 Å². The second-order valence-corrected chi connectivity index (χ2v) is 5.19. The molecule has 6 heteroatoms. The Labute approximate surface area is 117 Å². The largest absolute Gasteiger partial charge is 0.396 e. The zero-order valence-corrected chi connectivity index (χ0v) is 11.6. The van der Waals surface area contributed by atoms with Gasteiger partial charge in [0.1, 0.15) is 12.1 Å². The second-order valence-electron chi connectivity index (χ2n) is 5.19. The molecule has 2 aromatic rings. The summed E-state index contributed by atoms with van der Waals surface area (Å²) in [6, 6.07) is 3.47. The van der Waals surface area contributed by atoms with Crippen LogP contribution in [0.2, 0.25) is 0 Å². The maximum Gasteiger partial charge on any atom is 0.253 e. The molecule has 0 aliphatic heterocycles. The maximum absolute atomic E-state index is 12.1. The van der Waals surface area contributed by atoms with Crippen molar-refractivity contribution in [3.63, 3.8) is 0 Å². The first-order chi connectivity index (χ1) is 9.52. The van der Waals surface area contributed by atoms with Crippen LogP contribution in [-0.2, 0) is 0 Å². The van der Waals surface area contributed by atoms with Crippen LogP contribution in [0, 0.1) is 0 Å². The van der Waals surface area contributed by atoms with Gasteiger partial charge in [0.2, 0.25) is 0 Å². The van der Waals surface area contributed by atoms with Crippen LogP contribution in [-0.4, -0.2) is 37.7 Å². The van der Waals surface area contributed by atoms with E-state index in [0.717, 1.165) is 0 Å². The van der Waals surface area contributed by atoms with Crippen LogP contribution in [0.5, 0.6) is 0 Å². The summed E-state index contributed by atoms with van der Waals surface area (Å²) in [7, 11) is 0. The molecule has 0 aliphatic rings. The lowest BCUT2D eigenvalue weighted by Crippen LogP contribution is -2.44. The van der Waals surface area contributed by atoms with Gasteiger partial charge in [0.05, 0.1) is 5.56 Å². The van der Waals surface area contributed by atoms with E-state index in [1.165, 1.54) is 6.20 Å². The molecule has 0 bridgehead atoms. The number of rotatable bonds is 5. The fraction of sp³-hybridized carbons (Fsp3) is 0.357. The summed E-state index contributed by atoms with van der Waals surface area (Å²) in [5, 5.41) is 11.8. The number of imidazole rings is 1. The van der Waals surface area contributed by atoms with Gasteiger partial charge in [-0.1, -0.05) is 0 Å². The summed E-state index contributed by atoms with van der Waals surface area (Å²) in [6.07, 6.45) is 7.12. The average molecular weight is 274 g/mol. The molecule has 2 N–H and O–H groups in total. The van der Waals surface area contributed by atoms with Crippen LogP contribution < -0.4 is 5.32 Å². The van der Waals surface area contributed by atoms with Gasteiger partial charge in [-0.15, -0.1) is 0 Å². The van der Waals surface area contributed by atoms with Crippen molar-refractivity contribution >= 4 is 5.91 Å². The lowest BCUT2D eigenvalue weighted by atomic mass is 10.0. The maximum atomic E-state index is 12.1. The van der Waals surface area contributed by atoms with Crippen molar-refractivity contribution in [2.24, 2.45) is 0 Å². The molecule has 0 unspecified atom stereocenters. The number of carbonyl (C=O) groups is 1. The Kier molecular flexibility index (Phi) is 4.14. The molecule has 0 atom stereocenters. The van der Waals surface area contributed by atoms with Crippen molar-refractivity contribution in [2.45, 2.75) is 25.8 Å². The number of aliphatic hydroxyl groups is 1. The van der Waals surface area contributed by atoms with E-state index in [0.29, 0.717) is 17.8 Å². The fourth-order valence-corrected chi connectivity index (χ4v) is 1.79. The molecule has 2 aromatic heterocycles.